The highest BCUT2D eigenvalue weighted by Gasteiger charge is 2.32. The van der Waals surface area contributed by atoms with E-state index in [1.807, 2.05) is 20.8 Å². The fourth-order valence-corrected chi connectivity index (χ4v) is 5.76. The number of rotatable bonds is 14. The Labute approximate surface area is 208 Å². The van der Waals surface area contributed by atoms with Crippen LogP contribution in [0.15, 0.2) is 0 Å². The van der Waals surface area contributed by atoms with E-state index in [1.54, 1.807) is 0 Å². The number of aliphatic hydroxyl groups is 2. The Balaban J connectivity index is 1.78. The van der Waals surface area contributed by atoms with Crippen molar-refractivity contribution in [2.45, 2.75) is 135 Å². The summed E-state index contributed by atoms with van der Waals surface area (Å²) in [6, 6.07) is -0.460. The zero-order valence-electron chi connectivity index (χ0n) is 22.1. The van der Waals surface area contributed by atoms with Crippen LogP contribution >= 0.6 is 0 Å². The number of carbonyl (C=O) groups excluding carboxylic acids is 2. The molecule has 0 radical (unpaired) electrons. The molecule has 4 N–H and O–H groups in total. The van der Waals surface area contributed by atoms with Gasteiger partial charge in [-0.25, -0.2) is 0 Å². The maximum Gasteiger partial charge on any atom is 0.224 e. The van der Waals surface area contributed by atoms with Crippen molar-refractivity contribution in [3.63, 3.8) is 0 Å². The molecule has 6 nitrogen and oxygen atoms in total. The van der Waals surface area contributed by atoms with Gasteiger partial charge in [0.15, 0.2) is 0 Å². The average molecular weight is 481 g/mol. The van der Waals surface area contributed by atoms with E-state index in [4.69, 9.17) is 0 Å². The molecule has 0 bridgehead atoms. The van der Waals surface area contributed by atoms with E-state index >= 15 is 0 Å². The molecule has 2 saturated carbocycles. The minimum atomic E-state index is -0.977. The van der Waals surface area contributed by atoms with Crippen LogP contribution in [0, 0.1) is 23.7 Å². The monoisotopic (exact) mass is 480 g/mol. The smallest absolute Gasteiger partial charge is 0.224 e. The van der Waals surface area contributed by atoms with Gasteiger partial charge in [0.2, 0.25) is 11.8 Å². The first-order chi connectivity index (χ1) is 16.3. The molecule has 0 unspecified atom stereocenters. The standard InChI is InChI=1S/C28H52N2O4/c1-20(2)17-25(31)27(33)24(18-23-13-8-5-9-14-23)30-28(34)21(3)19-29-26(32)16-10-15-22-11-6-4-7-12-22/h20-25,27,31,33H,4-19H2,1-3H3,(H,29,32)(H,30,34)/t21-,24+,25-,27+/m0/s1. The van der Waals surface area contributed by atoms with Crippen molar-refractivity contribution < 1.29 is 19.8 Å². The second-order valence-corrected chi connectivity index (χ2v) is 11.6. The lowest BCUT2D eigenvalue weighted by Crippen LogP contribution is -2.52. The van der Waals surface area contributed by atoms with Gasteiger partial charge in [-0.05, 0) is 43.4 Å². The molecule has 198 valence electrons. The van der Waals surface area contributed by atoms with Crippen LogP contribution in [0.5, 0.6) is 0 Å². The van der Waals surface area contributed by atoms with E-state index in [0.717, 1.165) is 31.6 Å². The summed E-state index contributed by atoms with van der Waals surface area (Å²) < 4.78 is 0. The number of amides is 2. The van der Waals surface area contributed by atoms with E-state index < -0.39 is 18.2 Å². The van der Waals surface area contributed by atoms with Crippen molar-refractivity contribution in [3.05, 3.63) is 0 Å². The Morgan fingerprint density at radius 3 is 2.06 bits per heavy atom. The molecule has 2 aliphatic carbocycles. The van der Waals surface area contributed by atoms with Gasteiger partial charge in [-0.3, -0.25) is 9.59 Å². The summed E-state index contributed by atoms with van der Waals surface area (Å²) in [5, 5.41) is 27.4. The maximum atomic E-state index is 12.9. The largest absolute Gasteiger partial charge is 0.390 e. The molecule has 34 heavy (non-hydrogen) atoms. The summed E-state index contributed by atoms with van der Waals surface area (Å²) in [5.41, 5.74) is 0. The minimum absolute atomic E-state index is 0.0154. The number of hydrogen-bond donors (Lipinski definition) is 4. The first-order valence-electron chi connectivity index (χ1n) is 14.2. The van der Waals surface area contributed by atoms with Crippen LogP contribution in [-0.4, -0.2) is 46.8 Å². The number of carbonyl (C=O) groups is 2. The van der Waals surface area contributed by atoms with Gasteiger partial charge in [0.05, 0.1) is 18.1 Å². The van der Waals surface area contributed by atoms with E-state index in [9.17, 15) is 19.8 Å². The van der Waals surface area contributed by atoms with Crippen LogP contribution in [0.1, 0.15) is 117 Å². The Morgan fingerprint density at radius 1 is 0.882 bits per heavy atom. The van der Waals surface area contributed by atoms with E-state index in [-0.39, 0.29) is 23.7 Å². The molecular formula is C28H52N2O4. The van der Waals surface area contributed by atoms with Gasteiger partial charge in [0.25, 0.3) is 0 Å². The lowest BCUT2D eigenvalue weighted by Gasteiger charge is -2.33. The van der Waals surface area contributed by atoms with Crippen molar-refractivity contribution in [1.29, 1.82) is 0 Å². The molecule has 0 aliphatic heterocycles. The summed E-state index contributed by atoms with van der Waals surface area (Å²) >= 11 is 0. The lowest BCUT2D eigenvalue weighted by atomic mass is 9.82. The molecule has 2 fully saturated rings. The van der Waals surface area contributed by atoms with E-state index in [0.29, 0.717) is 31.7 Å². The lowest BCUT2D eigenvalue weighted by molar-refractivity contribution is -0.127. The molecule has 0 heterocycles. The first-order valence-corrected chi connectivity index (χ1v) is 14.2. The fourth-order valence-electron chi connectivity index (χ4n) is 5.76. The Bertz CT molecular complexity index is 585. The third kappa shape index (κ3) is 11.1. The van der Waals surface area contributed by atoms with Crippen molar-refractivity contribution in [2.75, 3.05) is 6.54 Å². The second-order valence-electron chi connectivity index (χ2n) is 11.6. The molecular weight excluding hydrogens is 428 g/mol. The zero-order valence-corrected chi connectivity index (χ0v) is 22.1. The van der Waals surface area contributed by atoms with Crippen molar-refractivity contribution in [2.24, 2.45) is 23.7 Å². The molecule has 0 spiro atoms. The molecule has 4 atom stereocenters. The van der Waals surface area contributed by atoms with Gasteiger partial charge in [-0.2, -0.15) is 0 Å². The summed E-state index contributed by atoms with van der Waals surface area (Å²) in [4.78, 5) is 25.2. The summed E-state index contributed by atoms with van der Waals surface area (Å²) in [7, 11) is 0. The number of aliphatic hydroxyl groups excluding tert-OH is 2. The summed E-state index contributed by atoms with van der Waals surface area (Å²) in [5.74, 6) is 0.984. The Kier molecular flexibility index (Phi) is 13.5. The zero-order chi connectivity index (χ0) is 24.9. The van der Waals surface area contributed by atoms with Crippen LogP contribution in [0.3, 0.4) is 0 Å². The SMILES string of the molecule is CC(C)C[C@H](O)[C@H](O)[C@@H](CC1CCCCC1)NC(=O)[C@@H](C)CNC(=O)CCCC1CCCCC1. The molecule has 2 rings (SSSR count). The molecule has 2 aliphatic rings. The van der Waals surface area contributed by atoms with E-state index in [2.05, 4.69) is 10.6 Å². The fraction of sp³-hybridized carbons (Fsp3) is 0.929. The van der Waals surface area contributed by atoms with Gasteiger partial charge >= 0.3 is 0 Å². The van der Waals surface area contributed by atoms with Crippen LogP contribution < -0.4 is 10.6 Å². The quantitative estimate of drug-likeness (QED) is 0.289. The maximum absolute atomic E-state index is 12.9. The normalized spacial score (nSPS) is 21.6. The molecule has 0 aromatic rings. The highest BCUT2D eigenvalue weighted by Crippen LogP contribution is 2.29. The van der Waals surface area contributed by atoms with Gasteiger partial charge < -0.3 is 20.8 Å². The van der Waals surface area contributed by atoms with E-state index in [1.165, 1.54) is 51.4 Å². The highest BCUT2D eigenvalue weighted by atomic mass is 16.3. The van der Waals surface area contributed by atoms with Gasteiger partial charge in [-0.15, -0.1) is 0 Å². The van der Waals surface area contributed by atoms with Crippen LogP contribution in [-0.2, 0) is 9.59 Å². The first kappa shape index (κ1) is 29.1. The van der Waals surface area contributed by atoms with Crippen LogP contribution in [0.25, 0.3) is 0 Å². The molecule has 0 aromatic heterocycles. The molecule has 0 saturated heterocycles. The second kappa shape index (κ2) is 15.8. The van der Waals surface area contributed by atoms with Crippen LogP contribution in [0.2, 0.25) is 0 Å². The van der Waals surface area contributed by atoms with Gasteiger partial charge in [-0.1, -0.05) is 85.0 Å². The number of hydrogen-bond acceptors (Lipinski definition) is 4. The molecule has 2 amide bonds. The predicted octanol–water partition coefficient (Wildman–Crippen LogP) is 4.71. The molecule has 6 heteroatoms. The summed E-state index contributed by atoms with van der Waals surface area (Å²) in [6.07, 6.45) is 14.4. The van der Waals surface area contributed by atoms with Gasteiger partial charge in [0.1, 0.15) is 6.10 Å². The van der Waals surface area contributed by atoms with Crippen LogP contribution in [0.4, 0.5) is 0 Å². The number of nitrogens with one attached hydrogen (secondary N) is 2. The van der Waals surface area contributed by atoms with Crippen molar-refractivity contribution >= 4 is 11.8 Å². The summed E-state index contributed by atoms with van der Waals surface area (Å²) in [6.45, 7) is 6.15. The molecule has 0 aromatic carbocycles. The van der Waals surface area contributed by atoms with Crippen molar-refractivity contribution in [3.8, 4) is 0 Å². The third-order valence-electron chi connectivity index (χ3n) is 7.95. The van der Waals surface area contributed by atoms with Gasteiger partial charge in [0, 0.05) is 13.0 Å². The average Bonchev–Trinajstić information content (AvgIpc) is 2.82. The Morgan fingerprint density at radius 2 is 1.47 bits per heavy atom. The Hall–Kier alpha value is -1.14. The predicted molar refractivity (Wildman–Crippen MR) is 137 cm³/mol. The van der Waals surface area contributed by atoms with Crippen molar-refractivity contribution in [1.82, 2.24) is 10.6 Å². The third-order valence-corrected chi connectivity index (χ3v) is 7.95. The topological polar surface area (TPSA) is 98.7 Å². The minimum Gasteiger partial charge on any atom is -0.390 e. The highest BCUT2D eigenvalue weighted by molar-refractivity contribution is 5.80.